The fraction of sp³-hybridized carbons (Fsp3) is 0.167. The summed E-state index contributed by atoms with van der Waals surface area (Å²) in [5.41, 5.74) is 1.43. The minimum Gasteiger partial charge on any atom is -0.466 e. The number of hydrogen-bond acceptors (Lipinski definition) is 3. The highest BCUT2D eigenvalue weighted by Gasteiger charge is 1.98. The molecule has 0 aliphatic rings. The molecule has 0 atom stereocenters. The van der Waals surface area contributed by atoms with Crippen molar-refractivity contribution in [2.45, 2.75) is 6.92 Å². The van der Waals surface area contributed by atoms with Crippen LogP contribution in [0, 0.1) is 0 Å². The summed E-state index contributed by atoms with van der Waals surface area (Å²) in [6.07, 6.45) is 2.93. The molecule has 0 aromatic heterocycles. The Morgan fingerprint density at radius 3 is 2.67 bits per heavy atom. The van der Waals surface area contributed by atoms with Crippen molar-refractivity contribution in [3.8, 4) is 0 Å². The van der Waals surface area contributed by atoms with Crippen LogP contribution in [-0.4, -0.2) is 18.9 Å². The van der Waals surface area contributed by atoms with Gasteiger partial charge in [-0.25, -0.2) is 4.79 Å². The minimum absolute atomic E-state index is 0.00307. The zero-order valence-corrected chi connectivity index (χ0v) is 8.69. The van der Waals surface area contributed by atoms with Gasteiger partial charge in [-0.15, -0.1) is 0 Å². The molecule has 0 bridgehead atoms. The molecule has 0 heterocycles. The number of carbonyl (C=O) groups excluding carboxylic acids is 2. The first kappa shape index (κ1) is 11.2. The quantitative estimate of drug-likeness (QED) is 0.430. The second-order valence-corrected chi connectivity index (χ2v) is 3.04. The van der Waals surface area contributed by atoms with Gasteiger partial charge in [0, 0.05) is 11.6 Å². The van der Waals surface area contributed by atoms with Crippen molar-refractivity contribution in [2.24, 2.45) is 0 Å². The van der Waals surface area contributed by atoms with E-state index in [1.807, 2.05) is 6.07 Å². The van der Waals surface area contributed by atoms with Gasteiger partial charge in [0.15, 0.2) is 5.78 Å². The van der Waals surface area contributed by atoms with Gasteiger partial charge in [-0.1, -0.05) is 18.2 Å². The molecule has 0 fully saturated rings. The van der Waals surface area contributed by atoms with Crippen LogP contribution in [0.5, 0.6) is 0 Å². The van der Waals surface area contributed by atoms with Crippen LogP contribution in [0.2, 0.25) is 0 Å². The molecule has 0 amide bonds. The molecule has 3 nitrogen and oxygen atoms in total. The molecule has 1 rings (SSSR count). The SMILES string of the molecule is COC(=O)C=Cc1cccc(C(C)=O)c1. The lowest BCUT2D eigenvalue weighted by Gasteiger charge is -1.97. The van der Waals surface area contributed by atoms with Gasteiger partial charge in [0.05, 0.1) is 7.11 Å². The monoisotopic (exact) mass is 204 g/mol. The van der Waals surface area contributed by atoms with E-state index in [0.717, 1.165) is 5.56 Å². The van der Waals surface area contributed by atoms with E-state index in [1.54, 1.807) is 24.3 Å². The summed E-state index contributed by atoms with van der Waals surface area (Å²) in [7, 11) is 1.32. The van der Waals surface area contributed by atoms with E-state index in [9.17, 15) is 9.59 Å². The van der Waals surface area contributed by atoms with Crippen LogP contribution in [0.15, 0.2) is 30.3 Å². The molecule has 0 saturated carbocycles. The van der Waals surface area contributed by atoms with Gasteiger partial charge in [0.25, 0.3) is 0 Å². The van der Waals surface area contributed by atoms with Crippen molar-refractivity contribution in [3.63, 3.8) is 0 Å². The van der Waals surface area contributed by atoms with E-state index in [2.05, 4.69) is 4.74 Å². The van der Waals surface area contributed by atoms with Gasteiger partial charge in [-0.05, 0) is 24.6 Å². The molecule has 1 aromatic rings. The van der Waals surface area contributed by atoms with Crippen molar-refractivity contribution in [1.82, 2.24) is 0 Å². The molecule has 15 heavy (non-hydrogen) atoms. The molecule has 0 aliphatic carbocycles. The molecular weight excluding hydrogens is 192 g/mol. The lowest BCUT2D eigenvalue weighted by molar-refractivity contribution is -0.134. The Kier molecular flexibility index (Phi) is 3.80. The number of carbonyl (C=O) groups is 2. The Balaban J connectivity index is 2.87. The maximum Gasteiger partial charge on any atom is 0.330 e. The highest BCUT2D eigenvalue weighted by atomic mass is 16.5. The Morgan fingerprint density at radius 1 is 1.33 bits per heavy atom. The van der Waals surface area contributed by atoms with Crippen LogP contribution >= 0.6 is 0 Å². The highest BCUT2D eigenvalue weighted by Crippen LogP contribution is 2.07. The highest BCUT2D eigenvalue weighted by molar-refractivity contribution is 5.95. The summed E-state index contributed by atoms with van der Waals surface area (Å²) in [5, 5.41) is 0. The fourth-order valence-corrected chi connectivity index (χ4v) is 1.09. The summed E-state index contributed by atoms with van der Waals surface area (Å²) in [4.78, 5) is 21.9. The van der Waals surface area contributed by atoms with E-state index in [4.69, 9.17) is 0 Å². The number of esters is 1. The molecule has 1 aromatic carbocycles. The van der Waals surface area contributed by atoms with E-state index in [0.29, 0.717) is 5.56 Å². The standard InChI is InChI=1S/C12H12O3/c1-9(13)11-5-3-4-10(8-11)6-7-12(14)15-2/h3-8H,1-2H3. The van der Waals surface area contributed by atoms with E-state index in [1.165, 1.54) is 20.1 Å². The molecule has 0 saturated heterocycles. The van der Waals surface area contributed by atoms with E-state index >= 15 is 0 Å². The summed E-state index contributed by atoms with van der Waals surface area (Å²) < 4.78 is 4.46. The van der Waals surface area contributed by atoms with Crippen molar-refractivity contribution in [2.75, 3.05) is 7.11 Å². The molecule has 0 spiro atoms. The number of hydrogen-bond donors (Lipinski definition) is 0. The Bertz CT molecular complexity index is 405. The normalized spacial score (nSPS) is 10.3. The number of rotatable bonds is 3. The van der Waals surface area contributed by atoms with Crippen LogP contribution in [-0.2, 0) is 9.53 Å². The van der Waals surface area contributed by atoms with E-state index < -0.39 is 5.97 Å². The summed E-state index contributed by atoms with van der Waals surface area (Å²) in [6.45, 7) is 1.50. The number of Topliss-reactive ketones (excluding diaryl/α,β-unsaturated/α-hetero) is 1. The second-order valence-electron chi connectivity index (χ2n) is 3.04. The van der Waals surface area contributed by atoms with Gasteiger partial charge >= 0.3 is 5.97 Å². The van der Waals surface area contributed by atoms with Crippen molar-refractivity contribution in [3.05, 3.63) is 41.5 Å². The van der Waals surface area contributed by atoms with Gasteiger partial charge in [0.1, 0.15) is 0 Å². The van der Waals surface area contributed by atoms with Crippen molar-refractivity contribution >= 4 is 17.8 Å². The largest absolute Gasteiger partial charge is 0.466 e. The lowest BCUT2D eigenvalue weighted by Crippen LogP contribution is -1.94. The summed E-state index contributed by atoms with van der Waals surface area (Å²) >= 11 is 0. The Labute approximate surface area is 88.4 Å². The molecule has 3 heteroatoms. The van der Waals surface area contributed by atoms with E-state index in [-0.39, 0.29) is 5.78 Å². The van der Waals surface area contributed by atoms with Gasteiger partial charge < -0.3 is 4.74 Å². The lowest BCUT2D eigenvalue weighted by atomic mass is 10.1. The molecular formula is C12H12O3. The third-order valence-corrected chi connectivity index (χ3v) is 1.91. The maximum absolute atomic E-state index is 11.1. The molecule has 0 unspecified atom stereocenters. The predicted octanol–water partition coefficient (Wildman–Crippen LogP) is 2.08. The summed E-state index contributed by atoms with van der Waals surface area (Å²) in [5.74, 6) is -0.411. The van der Waals surface area contributed by atoms with Crippen LogP contribution in [0.1, 0.15) is 22.8 Å². The Hall–Kier alpha value is -1.90. The topological polar surface area (TPSA) is 43.4 Å². The van der Waals surface area contributed by atoms with Crippen LogP contribution in [0.25, 0.3) is 6.08 Å². The van der Waals surface area contributed by atoms with Crippen LogP contribution in [0.3, 0.4) is 0 Å². The molecule has 0 N–H and O–H groups in total. The first-order valence-corrected chi connectivity index (χ1v) is 4.50. The third kappa shape index (κ3) is 3.38. The van der Waals surface area contributed by atoms with Crippen molar-refractivity contribution in [1.29, 1.82) is 0 Å². The second kappa shape index (κ2) is 5.10. The zero-order chi connectivity index (χ0) is 11.3. The molecule has 0 radical (unpaired) electrons. The fourth-order valence-electron chi connectivity index (χ4n) is 1.09. The van der Waals surface area contributed by atoms with Crippen LogP contribution in [0.4, 0.5) is 0 Å². The number of benzene rings is 1. The van der Waals surface area contributed by atoms with Crippen molar-refractivity contribution < 1.29 is 14.3 Å². The number of methoxy groups -OCH3 is 1. The molecule has 78 valence electrons. The first-order chi connectivity index (χ1) is 7.13. The van der Waals surface area contributed by atoms with Gasteiger partial charge in [-0.3, -0.25) is 4.79 Å². The minimum atomic E-state index is -0.414. The molecule has 0 aliphatic heterocycles. The number of ether oxygens (including phenoxy) is 1. The average molecular weight is 204 g/mol. The predicted molar refractivity (Wildman–Crippen MR) is 57.5 cm³/mol. The third-order valence-electron chi connectivity index (χ3n) is 1.91. The smallest absolute Gasteiger partial charge is 0.330 e. The Morgan fingerprint density at radius 2 is 2.07 bits per heavy atom. The zero-order valence-electron chi connectivity index (χ0n) is 8.69. The first-order valence-electron chi connectivity index (χ1n) is 4.50. The summed E-state index contributed by atoms with van der Waals surface area (Å²) in [6, 6.07) is 7.04. The number of ketones is 1. The maximum atomic E-state index is 11.1. The van der Waals surface area contributed by atoms with Gasteiger partial charge in [-0.2, -0.15) is 0 Å². The van der Waals surface area contributed by atoms with Gasteiger partial charge in [0.2, 0.25) is 0 Å². The van der Waals surface area contributed by atoms with Crippen LogP contribution < -0.4 is 0 Å². The average Bonchev–Trinajstić information content (AvgIpc) is 2.26.